The van der Waals surface area contributed by atoms with Crippen LogP contribution in [0.4, 0.5) is 13.6 Å². The van der Waals surface area contributed by atoms with E-state index >= 15 is 0 Å². The monoisotopic (exact) mass is 1810 g/mol. The zero-order chi connectivity index (χ0) is 90.9. The normalized spacial score (nSPS) is 16.7. The van der Waals surface area contributed by atoms with E-state index in [1.807, 2.05) is 63.8 Å². The fourth-order valence-electron chi connectivity index (χ4n) is 17.2. The summed E-state index contributed by atoms with van der Waals surface area (Å²) in [5, 5.41) is 34.1. The summed E-state index contributed by atoms with van der Waals surface area (Å²) >= 11 is 11.9. The second kappa shape index (κ2) is 40.6. The van der Waals surface area contributed by atoms with Crippen LogP contribution in [0.25, 0.3) is 55.2 Å². The average molecular weight is 1820 g/mol. The van der Waals surface area contributed by atoms with E-state index in [9.17, 15) is 42.8 Å². The highest BCUT2D eigenvalue weighted by Gasteiger charge is 2.33. The maximum atomic E-state index is 14.0. The molecule has 130 heavy (non-hydrogen) atoms. The number of amides is 1. The van der Waals surface area contributed by atoms with Gasteiger partial charge >= 0.3 is 6.09 Å². The number of nitriles is 1. The van der Waals surface area contributed by atoms with Crippen molar-refractivity contribution in [2.24, 2.45) is 5.92 Å². The van der Waals surface area contributed by atoms with E-state index in [0.29, 0.717) is 167 Å². The van der Waals surface area contributed by atoms with Gasteiger partial charge < -0.3 is 58.2 Å². The third-order valence-corrected chi connectivity index (χ3v) is 24.6. The van der Waals surface area contributed by atoms with E-state index in [-0.39, 0.29) is 86.9 Å². The number of likely N-dealkylation sites (tertiary alicyclic amines) is 1. The van der Waals surface area contributed by atoms with Crippen LogP contribution in [0.3, 0.4) is 0 Å². The molecule has 1 unspecified atom stereocenters. The van der Waals surface area contributed by atoms with Gasteiger partial charge in [-0.15, -0.1) is 0 Å². The Hall–Kier alpha value is -12.5. The van der Waals surface area contributed by atoms with Gasteiger partial charge in [0.15, 0.2) is 28.2 Å². The molecule has 5 N–H and O–H groups in total. The van der Waals surface area contributed by atoms with Crippen molar-refractivity contribution in [1.82, 2.24) is 104 Å². The summed E-state index contributed by atoms with van der Waals surface area (Å²) in [4.78, 5) is 114. The smallest absolute Gasteiger partial charge is 0.410 e. The van der Waals surface area contributed by atoms with E-state index in [1.54, 1.807) is 59.7 Å². The van der Waals surface area contributed by atoms with Gasteiger partial charge in [0, 0.05) is 109 Å². The molecule has 5 saturated heterocycles. The summed E-state index contributed by atoms with van der Waals surface area (Å²) < 4.78 is 69.2. The van der Waals surface area contributed by atoms with Gasteiger partial charge in [-0.25, -0.2) is 61.9 Å². The van der Waals surface area contributed by atoms with Crippen molar-refractivity contribution >= 4 is 84.5 Å². The molecule has 34 nitrogen and oxygen atoms in total. The number of H-pyrrole nitrogens is 5. The van der Waals surface area contributed by atoms with E-state index < -0.39 is 17.2 Å². The van der Waals surface area contributed by atoms with Gasteiger partial charge in [-0.1, -0.05) is 83.9 Å². The molecule has 38 heteroatoms. The highest BCUT2D eigenvalue weighted by Crippen LogP contribution is 2.34. The molecular formula is C92H102Cl2F2N22O12. The van der Waals surface area contributed by atoms with Gasteiger partial charge in [0.2, 0.25) is 0 Å². The second-order valence-corrected chi connectivity index (χ2v) is 35.4. The summed E-state index contributed by atoms with van der Waals surface area (Å²) in [6, 6.07) is 24.0. The summed E-state index contributed by atoms with van der Waals surface area (Å²) in [5.74, 6) is 2.61. The van der Waals surface area contributed by atoms with Crippen LogP contribution in [-0.4, -0.2) is 188 Å². The summed E-state index contributed by atoms with van der Waals surface area (Å²) in [6.45, 7) is 16.4. The molecule has 15 heterocycles. The van der Waals surface area contributed by atoms with E-state index in [2.05, 4.69) is 103 Å². The number of aromatic amines is 5. The quantitative estimate of drug-likeness (QED) is 0.0561. The summed E-state index contributed by atoms with van der Waals surface area (Å²) in [7, 11) is 1.57. The van der Waals surface area contributed by atoms with Gasteiger partial charge in [0.1, 0.15) is 79.0 Å². The predicted octanol–water partition coefficient (Wildman–Crippen LogP) is 13.4. The number of hydrogen-bond donors (Lipinski definition) is 5. The molecule has 1 saturated carbocycles. The van der Waals surface area contributed by atoms with Crippen LogP contribution in [0, 0.1) is 42.7 Å². The highest BCUT2D eigenvalue weighted by molar-refractivity contribution is 6.31. The maximum absolute atomic E-state index is 14.0. The number of aromatic nitrogens is 20. The van der Waals surface area contributed by atoms with Crippen molar-refractivity contribution in [2.45, 2.75) is 186 Å². The minimum Gasteiger partial charge on any atom is -0.497 e. The maximum Gasteiger partial charge on any atom is 0.410 e. The van der Waals surface area contributed by atoms with Crippen LogP contribution in [0.1, 0.15) is 203 Å². The Morgan fingerprint density at radius 3 is 1.31 bits per heavy atom. The first-order valence-corrected chi connectivity index (χ1v) is 44.7. The number of carbonyl (C=O) groups is 1. The van der Waals surface area contributed by atoms with Crippen molar-refractivity contribution in [3.8, 4) is 11.8 Å². The van der Waals surface area contributed by atoms with Crippen molar-refractivity contribution in [3.05, 3.63) is 245 Å². The standard InChI is InChI=1S/C20H29N5O3.C19H19N5O3.C19H22N4O2.C17H15ClF2N4O2.C17H17ClN4O2/c1-20(2,3)28-19(27)24-9-5-8-14(12-24)25-17-15(11-21-25)18(26)23-16(22-17)10-13-6-4-7-13;1-26-15-3-2-12(10-20)13(8-15)9-17-22-18-16(19(25)23-17)11-21-24(18)14-4-6-27-7-5-14;1-12-7-13(2)9-14(8-12)10-17-21-18-16(19(24)22-17)11-20-23(18)15-3-5-25-6-4-15;18-15-10(12(19)1-2-13(15)20)7-14-22-16-11(17(25)23-14)8-21-24(16)9-3-5-26-6-4-9;18-12-3-1-2-11(8-12)9-15-20-16-14(17(23)21-15)10-19-22(16)13-4-6-24-7-5-13/h11,13-14H,4-10,12H2,1-3H3,(H,22,23,26);2-3,8,11,14H,4-7,9H2,1H3,(H,22,23,25);7-9,11,15H,3-6,10H2,1-2H3,(H,21,22,24);1-2,8-9H,3-7H2,(H,22,23,25);1-3,8,10,13H,4-7,9H2,(H,20,21,23). The van der Waals surface area contributed by atoms with Crippen LogP contribution in [0.2, 0.25) is 10.0 Å². The van der Waals surface area contributed by atoms with Crippen LogP contribution < -0.4 is 32.5 Å². The molecule has 1 atom stereocenters. The first-order chi connectivity index (χ1) is 62.8. The lowest BCUT2D eigenvalue weighted by atomic mass is 9.83. The number of nitrogens with one attached hydrogen (secondary N) is 5. The number of ether oxygens (including phenoxy) is 6. The fraction of sp³-hybridized carbons (Fsp3) is 0.446. The minimum absolute atomic E-state index is 0.00961. The molecule has 6 aliphatic rings. The Balaban J connectivity index is 0.000000119. The number of fused-ring (bicyclic) bond motifs is 5. The molecule has 1 amide bonds. The average Bonchev–Trinajstić information content (AvgIpc) is 1.64. The predicted molar refractivity (Wildman–Crippen MR) is 482 cm³/mol. The minimum atomic E-state index is -0.723. The fourth-order valence-corrected chi connectivity index (χ4v) is 17.7. The van der Waals surface area contributed by atoms with Crippen LogP contribution >= 0.6 is 23.2 Å². The Bertz CT molecular complexity index is 6770. The molecule has 0 spiro atoms. The third kappa shape index (κ3) is 21.5. The van der Waals surface area contributed by atoms with Gasteiger partial charge in [-0.05, 0) is 164 Å². The SMILES string of the molecule is CC(C)(C)OC(=O)N1CCCC(n2ncc3c(=O)[nH]c(CC4CCC4)nc32)C1.COc1ccc(C#N)c(Cc2nc3c(cnn3C3CCOCC3)c(=O)[nH]2)c1.Cc1cc(C)cc(Cc2nc3c(cnn3C3CCOCC3)c(=O)[nH]2)c1.O=c1[nH]c(Cc2c(F)ccc(F)c2Cl)nc2c1cnn2C1CCOCC1.O=c1[nH]c(Cc2cccc(Cl)c2)nc2c1cnn2C1CCOCC1. The van der Waals surface area contributed by atoms with Crippen molar-refractivity contribution in [3.63, 3.8) is 0 Å². The lowest BCUT2D eigenvalue weighted by molar-refractivity contribution is 0.0169. The zero-order valence-corrected chi connectivity index (χ0v) is 74.6. The van der Waals surface area contributed by atoms with E-state index in [0.717, 1.165) is 118 Å². The zero-order valence-electron chi connectivity index (χ0n) is 73.1. The van der Waals surface area contributed by atoms with Gasteiger partial charge in [-0.2, -0.15) is 30.8 Å². The molecule has 5 aliphatic heterocycles. The molecule has 20 rings (SSSR count). The number of piperidine rings is 1. The van der Waals surface area contributed by atoms with Gasteiger partial charge in [0.05, 0.1) is 85.0 Å². The van der Waals surface area contributed by atoms with E-state index in [4.69, 9.17) is 61.6 Å². The van der Waals surface area contributed by atoms with Crippen molar-refractivity contribution in [1.29, 1.82) is 5.26 Å². The van der Waals surface area contributed by atoms with Crippen molar-refractivity contribution in [2.75, 3.05) is 73.1 Å². The molecule has 4 aromatic carbocycles. The Labute approximate surface area is 753 Å². The Morgan fingerprint density at radius 1 is 0.485 bits per heavy atom. The number of benzene rings is 4. The molecule has 1 aliphatic carbocycles. The van der Waals surface area contributed by atoms with Crippen molar-refractivity contribution < 1.29 is 42.0 Å². The number of rotatable bonds is 16. The Kier molecular flexibility index (Phi) is 28.4. The first-order valence-electron chi connectivity index (χ1n) is 44.0. The van der Waals surface area contributed by atoms with Crippen LogP contribution in [0.5, 0.6) is 5.75 Å². The number of hydrogen-bond acceptors (Lipinski definition) is 23. The largest absolute Gasteiger partial charge is 0.497 e. The topological polar surface area (TPSA) is 417 Å². The summed E-state index contributed by atoms with van der Waals surface area (Å²) in [5.41, 5.74) is 7.19. The number of nitrogens with zero attached hydrogens (tertiary/aromatic N) is 17. The van der Waals surface area contributed by atoms with E-state index in [1.165, 1.54) is 36.6 Å². The lowest BCUT2D eigenvalue weighted by Gasteiger charge is -2.34. The van der Waals surface area contributed by atoms with Gasteiger partial charge in [0.25, 0.3) is 27.8 Å². The Morgan fingerprint density at radius 2 is 0.892 bits per heavy atom. The molecule has 10 aromatic heterocycles. The number of methoxy groups -OCH3 is 1. The van der Waals surface area contributed by atoms with Gasteiger partial charge in [-0.3, -0.25) is 24.0 Å². The molecular weight excluding hydrogens is 1710 g/mol. The summed E-state index contributed by atoms with van der Waals surface area (Å²) in [6.07, 6.45) is 21.9. The lowest BCUT2D eigenvalue weighted by Crippen LogP contribution is -2.43. The number of carbonyl (C=O) groups excluding carboxylic acids is 1. The molecule has 6 fully saturated rings. The third-order valence-electron chi connectivity index (χ3n) is 24.0. The molecule has 0 radical (unpaired) electrons. The van der Waals surface area contributed by atoms with Crippen LogP contribution in [0.15, 0.2) is 128 Å². The molecule has 14 aromatic rings. The number of halogens is 4. The first kappa shape index (κ1) is 90.8. The molecule has 0 bridgehead atoms. The molecule has 680 valence electrons. The van der Waals surface area contributed by atoms with Crippen LogP contribution in [-0.2, 0) is 55.8 Å². The highest BCUT2D eigenvalue weighted by atomic mass is 35.5. The number of aryl methyl sites for hydroxylation is 2. The second-order valence-electron chi connectivity index (χ2n) is 34.6.